The lowest BCUT2D eigenvalue weighted by Gasteiger charge is -2.12. The summed E-state index contributed by atoms with van der Waals surface area (Å²) in [5.74, 6) is 5.40. The Balaban J connectivity index is 2.27. The van der Waals surface area contributed by atoms with Crippen molar-refractivity contribution in [2.24, 2.45) is 5.84 Å². The Morgan fingerprint density at radius 1 is 1.69 bits per heavy atom. The molecule has 2 nitrogen and oxygen atoms in total. The van der Waals surface area contributed by atoms with Gasteiger partial charge in [0, 0.05) is 10.9 Å². The molecule has 3 heteroatoms. The zero-order chi connectivity index (χ0) is 9.52. The van der Waals surface area contributed by atoms with Crippen molar-refractivity contribution in [2.75, 3.05) is 0 Å². The molecule has 0 aliphatic rings. The maximum atomic E-state index is 5.40. The number of hydrogen-bond acceptors (Lipinski definition) is 3. The highest BCUT2D eigenvalue weighted by atomic mass is 32.1. The Labute approximate surface area is 83.4 Å². The Kier molecular flexibility index (Phi) is 4.75. The number of nitrogens with one attached hydrogen (secondary N) is 1. The van der Waals surface area contributed by atoms with Crippen LogP contribution in [0.2, 0.25) is 0 Å². The van der Waals surface area contributed by atoms with E-state index in [4.69, 9.17) is 5.84 Å². The van der Waals surface area contributed by atoms with Crippen molar-refractivity contribution in [3.05, 3.63) is 35.0 Å². The predicted molar refractivity (Wildman–Crippen MR) is 58.6 cm³/mol. The van der Waals surface area contributed by atoms with Gasteiger partial charge < -0.3 is 0 Å². The van der Waals surface area contributed by atoms with Crippen molar-refractivity contribution >= 4 is 11.3 Å². The van der Waals surface area contributed by atoms with Gasteiger partial charge in [0.2, 0.25) is 0 Å². The highest BCUT2D eigenvalue weighted by Gasteiger charge is 2.04. The van der Waals surface area contributed by atoms with Crippen LogP contribution in [0, 0.1) is 0 Å². The molecule has 1 atom stereocenters. The molecule has 0 amide bonds. The van der Waals surface area contributed by atoms with Crippen LogP contribution in [0.5, 0.6) is 0 Å². The molecule has 0 aromatic carbocycles. The van der Waals surface area contributed by atoms with Crippen LogP contribution in [-0.4, -0.2) is 6.04 Å². The third-order valence-electron chi connectivity index (χ3n) is 2.01. The van der Waals surface area contributed by atoms with E-state index in [0.717, 1.165) is 19.3 Å². The van der Waals surface area contributed by atoms with Gasteiger partial charge in [-0.2, -0.15) is 0 Å². The molecule has 0 aliphatic heterocycles. The zero-order valence-corrected chi connectivity index (χ0v) is 8.52. The molecular weight excluding hydrogens is 180 g/mol. The van der Waals surface area contributed by atoms with Gasteiger partial charge in [0.05, 0.1) is 0 Å². The molecule has 0 saturated heterocycles. The lowest BCUT2D eigenvalue weighted by atomic mass is 10.1. The van der Waals surface area contributed by atoms with E-state index in [2.05, 4.69) is 29.5 Å². The smallest absolute Gasteiger partial charge is 0.0248 e. The molecule has 0 aliphatic carbocycles. The van der Waals surface area contributed by atoms with Gasteiger partial charge in [0.15, 0.2) is 0 Å². The van der Waals surface area contributed by atoms with Gasteiger partial charge in [0.1, 0.15) is 0 Å². The number of rotatable bonds is 6. The van der Waals surface area contributed by atoms with Crippen LogP contribution in [0.25, 0.3) is 0 Å². The summed E-state index contributed by atoms with van der Waals surface area (Å²) in [7, 11) is 0. The first-order valence-electron chi connectivity index (χ1n) is 4.46. The highest BCUT2D eigenvalue weighted by molar-refractivity contribution is 7.09. The number of nitrogens with two attached hydrogens (primary N) is 1. The summed E-state index contributed by atoms with van der Waals surface area (Å²) < 4.78 is 0. The van der Waals surface area contributed by atoms with Gasteiger partial charge >= 0.3 is 0 Å². The van der Waals surface area contributed by atoms with Crippen molar-refractivity contribution in [3.8, 4) is 0 Å². The summed E-state index contributed by atoms with van der Waals surface area (Å²) in [5.41, 5.74) is 2.80. The van der Waals surface area contributed by atoms with E-state index in [1.54, 1.807) is 11.3 Å². The van der Waals surface area contributed by atoms with Crippen LogP contribution in [-0.2, 0) is 6.42 Å². The SMILES string of the molecule is C=CCC(CCc1cccs1)NN. The van der Waals surface area contributed by atoms with Crippen LogP contribution in [0.15, 0.2) is 30.2 Å². The van der Waals surface area contributed by atoms with Crippen LogP contribution in [0.3, 0.4) is 0 Å². The fourth-order valence-electron chi connectivity index (χ4n) is 1.24. The van der Waals surface area contributed by atoms with Gasteiger partial charge in [-0.3, -0.25) is 11.3 Å². The molecule has 3 N–H and O–H groups in total. The molecule has 0 bridgehead atoms. The van der Waals surface area contributed by atoms with E-state index >= 15 is 0 Å². The quantitative estimate of drug-likeness (QED) is 0.415. The minimum atomic E-state index is 0.361. The maximum absolute atomic E-state index is 5.40. The molecule has 1 rings (SSSR count). The van der Waals surface area contributed by atoms with E-state index in [-0.39, 0.29) is 0 Å². The number of aryl methyl sites for hydroxylation is 1. The third-order valence-corrected chi connectivity index (χ3v) is 2.94. The van der Waals surface area contributed by atoms with Crippen LogP contribution in [0.1, 0.15) is 17.7 Å². The predicted octanol–water partition coefficient (Wildman–Crippen LogP) is 2.09. The van der Waals surface area contributed by atoms with Gasteiger partial charge in [-0.15, -0.1) is 17.9 Å². The van der Waals surface area contributed by atoms with Crippen molar-refractivity contribution in [3.63, 3.8) is 0 Å². The van der Waals surface area contributed by atoms with E-state index < -0.39 is 0 Å². The average Bonchev–Trinajstić information content (AvgIpc) is 2.64. The standard InChI is InChI=1S/C10H16N2S/c1-2-4-9(12-11)6-7-10-5-3-8-13-10/h2-3,5,8-9,12H,1,4,6-7,11H2. The summed E-state index contributed by atoms with van der Waals surface area (Å²) in [6.07, 6.45) is 5.00. The first-order chi connectivity index (χ1) is 6.36. The lowest BCUT2D eigenvalue weighted by molar-refractivity contribution is 0.500. The molecule has 1 aromatic rings. The Morgan fingerprint density at radius 3 is 3.08 bits per heavy atom. The van der Waals surface area contributed by atoms with Crippen LogP contribution >= 0.6 is 11.3 Å². The number of hydrogen-bond donors (Lipinski definition) is 2. The molecule has 1 heterocycles. The Morgan fingerprint density at radius 2 is 2.54 bits per heavy atom. The third kappa shape index (κ3) is 3.72. The fraction of sp³-hybridized carbons (Fsp3) is 0.400. The lowest BCUT2D eigenvalue weighted by Crippen LogP contribution is -2.34. The number of hydrazine groups is 1. The Hall–Kier alpha value is -0.640. The monoisotopic (exact) mass is 196 g/mol. The van der Waals surface area contributed by atoms with Crippen molar-refractivity contribution in [2.45, 2.75) is 25.3 Å². The van der Waals surface area contributed by atoms with Gasteiger partial charge in [-0.1, -0.05) is 12.1 Å². The van der Waals surface area contributed by atoms with Crippen molar-refractivity contribution in [1.82, 2.24) is 5.43 Å². The molecule has 13 heavy (non-hydrogen) atoms. The van der Waals surface area contributed by atoms with Crippen LogP contribution in [0.4, 0.5) is 0 Å². The highest BCUT2D eigenvalue weighted by Crippen LogP contribution is 2.12. The normalized spacial score (nSPS) is 12.7. The first-order valence-corrected chi connectivity index (χ1v) is 5.34. The first kappa shape index (κ1) is 10.4. The largest absolute Gasteiger partial charge is 0.271 e. The summed E-state index contributed by atoms with van der Waals surface area (Å²) >= 11 is 1.80. The maximum Gasteiger partial charge on any atom is 0.0248 e. The molecule has 0 saturated carbocycles. The van der Waals surface area contributed by atoms with Crippen molar-refractivity contribution < 1.29 is 0 Å². The van der Waals surface area contributed by atoms with Crippen LogP contribution < -0.4 is 11.3 Å². The molecule has 0 spiro atoms. The minimum Gasteiger partial charge on any atom is -0.271 e. The summed E-state index contributed by atoms with van der Waals surface area (Å²) in [4.78, 5) is 1.42. The average molecular weight is 196 g/mol. The molecular formula is C10H16N2S. The molecule has 1 aromatic heterocycles. The van der Waals surface area contributed by atoms with Gasteiger partial charge in [-0.25, -0.2) is 0 Å². The summed E-state index contributed by atoms with van der Waals surface area (Å²) in [6, 6.07) is 4.60. The molecule has 0 radical (unpaired) electrons. The van der Waals surface area contributed by atoms with E-state index in [1.807, 2.05) is 6.08 Å². The van der Waals surface area contributed by atoms with Crippen molar-refractivity contribution in [1.29, 1.82) is 0 Å². The second-order valence-corrected chi connectivity index (χ2v) is 4.04. The minimum absolute atomic E-state index is 0.361. The van der Waals surface area contributed by atoms with E-state index in [1.165, 1.54) is 4.88 Å². The number of thiophene rings is 1. The Bertz CT molecular complexity index is 231. The van der Waals surface area contributed by atoms with E-state index in [9.17, 15) is 0 Å². The second-order valence-electron chi connectivity index (χ2n) is 3.01. The molecule has 72 valence electrons. The summed E-state index contributed by atoms with van der Waals surface area (Å²) in [6.45, 7) is 3.70. The topological polar surface area (TPSA) is 38.0 Å². The second kappa shape index (κ2) is 5.91. The zero-order valence-electron chi connectivity index (χ0n) is 7.70. The summed E-state index contributed by atoms with van der Waals surface area (Å²) in [5, 5.41) is 2.10. The fourth-order valence-corrected chi connectivity index (χ4v) is 1.97. The van der Waals surface area contributed by atoms with E-state index in [0.29, 0.717) is 6.04 Å². The molecule has 1 unspecified atom stereocenters. The van der Waals surface area contributed by atoms with Gasteiger partial charge in [-0.05, 0) is 30.7 Å². The van der Waals surface area contributed by atoms with Gasteiger partial charge in [0.25, 0.3) is 0 Å². The molecule has 0 fully saturated rings.